The van der Waals surface area contributed by atoms with E-state index in [4.69, 9.17) is 4.74 Å². The van der Waals surface area contributed by atoms with Crippen LogP contribution in [0.15, 0.2) is 18.5 Å². The third kappa shape index (κ3) is 4.73. The van der Waals surface area contributed by atoms with Gasteiger partial charge in [0.05, 0.1) is 12.6 Å². The molecule has 0 aromatic carbocycles. The number of amides is 1. The summed E-state index contributed by atoms with van der Waals surface area (Å²) >= 11 is 0. The summed E-state index contributed by atoms with van der Waals surface area (Å²) in [5.41, 5.74) is -0.443. The van der Waals surface area contributed by atoms with Gasteiger partial charge in [0, 0.05) is 31.5 Å². The zero-order valence-corrected chi connectivity index (χ0v) is 14.1. The van der Waals surface area contributed by atoms with Crippen molar-refractivity contribution < 1.29 is 9.53 Å². The monoisotopic (exact) mass is 308 g/mol. The highest BCUT2D eigenvalue weighted by Crippen LogP contribution is 2.23. The van der Waals surface area contributed by atoms with Crippen LogP contribution < -0.4 is 5.32 Å². The van der Waals surface area contributed by atoms with Gasteiger partial charge in [0.25, 0.3) is 0 Å². The van der Waals surface area contributed by atoms with Gasteiger partial charge in [-0.15, -0.1) is 0 Å². The fraction of sp³-hybridized carbons (Fsp3) is 0.750. The second-order valence-electron chi connectivity index (χ2n) is 6.90. The molecule has 0 aliphatic carbocycles. The van der Waals surface area contributed by atoms with Crippen LogP contribution in [0.3, 0.4) is 0 Å². The summed E-state index contributed by atoms with van der Waals surface area (Å²) in [6.07, 6.45) is 5.60. The zero-order valence-electron chi connectivity index (χ0n) is 14.1. The summed E-state index contributed by atoms with van der Waals surface area (Å²) < 4.78 is 7.41. The highest BCUT2D eigenvalue weighted by molar-refractivity contribution is 5.69. The molecule has 1 amide bonds. The molecule has 2 atom stereocenters. The van der Waals surface area contributed by atoms with Gasteiger partial charge in [0.2, 0.25) is 0 Å². The summed E-state index contributed by atoms with van der Waals surface area (Å²) in [4.78, 5) is 14.2. The van der Waals surface area contributed by atoms with Crippen molar-refractivity contribution in [3.8, 4) is 0 Å². The minimum absolute atomic E-state index is 0.198. The number of rotatable bonds is 5. The van der Waals surface area contributed by atoms with Crippen LogP contribution in [-0.2, 0) is 11.3 Å². The Kier molecular flexibility index (Phi) is 5.45. The van der Waals surface area contributed by atoms with Gasteiger partial charge in [-0.05, 0) is 46.6 Å². The predicted octanol–water partition coefficient (Wildman–Crippen LogP) is 2.26. The van der Waals surface area contributed by atoms with E-state index in [2.05, 4.69) is 17.3 Å². The predicted molar refractivity (Wildman–Crippen MR) is 85.7 cm³/mol. The van der Waals surface area contributed by atoms with E-state index >= 15 is 0 Å². The van der Waals surface area contributed by atoms with E-state index in [0.29, 0.717) is 0 Å². The number of hydrogen-bond donors (Lipinski definition) is 1. The van der Waals surface area contributed by atoms with Gasteiger partial charge in [-0.25, -0.2) is 4.79 Å². The molecule has 0 radical (unpaired) electrons. The summed E-state index contributed by atoms with van der Waals surface area (Å²) in [5, 5.41) is 7.69. The number of carbonyl (C=O) groups excluding carboxylic acids is 1. The Balaban J connectivity index is 1.82. The molecule has 6 heteroatoms. The second-order valence-corrected chi connectivity index (χ2v) is 6.90. The van der Waals surface area contributed by atoms with Crippen molar-refractivity contribution in [3.63, 3.8) is 0 Å². The SMILES string of the molecule is CC(NCCn1cccn1)[C@@H]1CCCN1C(=O)OC(C)(C)C. The minimum atomic E-state index is -0.443. The first-order valence-corrected chi connectivity index (χ1v) is 8.07. The average Bonchev–Trinajstić information content (AvgIpc) is 3.07. The lowest BCUT2D eigenvalue weighted by Crippen LogP contribution is -2.49. The number of nitrogens with one attached hydrogen (secondary N) is 1. The van der Waals surface area contributed by atoms with Crippen LogP contribution in [0, 0.1) is 0 Å². The molecule has 1 aliphatic rings. The lowest BCUT2D eigenvalue weighted by molar-refractivity contribution is 0.0200. The van der Waals surface area contributed by atoms with Gasteiger partial charge in [-0.2, -0.15) is 5.10 Å². The third-order valence-electron chi connectivity index (χ3n) is 3.87. The molecule has 0 spiro atoms. The van der Waals surface area contributed by atoms with Gasteiger partial charge in [0.15, 0.2) is 0 Å². The lowest BCUT2D eigenvalue weighted by atomic mass is 10.1. The quantitative estimate of drug-likeness (QED) is 0.906. The maximum absolute atomic E-state index is 12.3. The zero-order chi connectivity index (χ0) is 16.2. The van der Waals surface area contributed by atoms with E-state index in [1.807, 2.05) is 42.6 Å². The van der Waals surface area contributed by atoms with Crippen LogP contribution in [-0.4, -0.2) is 51.5 Å². The van der Waals surface area contributed by atoms with Gasteiger partial charge < -0.3 is 15.0 Å². The first-order valence-electron chi connectivity index (χ1n) is 8.07. The van der Waals surface area contributed by atoms with E-state index in [1.165, 1.54) is 0 Å². The number of nitrogens with zero attached hydrogens (tertiary/aromatic N) is 3. The fourth-order valence-corrected chi connectivity index (χ4v) is 2.84. The van der Waals surface area contributed by atoms with E-state index in [0.717, 1.165) is 32.5 Å². The number of ether oxygens (including phenoxy) is 1. The highest BCUT2D eigenvalue weighted by Gasteiger charge is 2.35. The molecule has 1 unspecified atom stereocenters. The Morgan fingerprint density at radius 3 is 2.91 bits per heavy atom. The summed E-state index contributed by atoms with van der Waals surface area (Å²) in [6.45, 7) is 10.3. The van der Waals surface area contributed by atoms with Crippen LogP contribution in [0.5, 0.6) is 0 Å². The molecule has 1 N–H and O–H groups in total. The molecule has 2 rings (SSSR count). The van der Waals surface area contributed by atoms with Crippen LogP contribution in [0.1, 0.15) is 40.5 Å². The molecule has 0 saturated carbocycles. The Labute approximate surface area is 132 Å². The van der Waals surface area contributed by atoms with Crippen LogP contribution in [0.2, 0.25) is 0 Å². The molecular formula is C16H28N4O2. The number of carbonyl (C=O) groups is 1. The number of likely N-dealkylation sites (tertiary alicyclic amines) is 1. The van der Waals surface area contributed by atoms with Gasteiger partial charge >= 0.3 is 6.09 Å². The van der Waals surface area contributed by atoms with Crippen molar-refractivity contribution in [2.75, 3.05) is 13.1 Å². The molecule has 0 bridgehead atoms. The van der Waals surface area contributed by atoms with Crippen molar-refractivity contribution in [2.45, 2.75) is 64.8 Å². The Morgan fingerprint density at radius 1 is 1.50 bits per heavy atom. The molecule has 2 heterocycles. The normalized spacial score (nSPS) is 20.2. The van der Waals surface area contributed by atoms with Crippen LogP contribution >= 0.6 is 0 Å². The summed E-state index contributed by atoms with van der Waals surface area (Å²) in [6, 6.07) is 2.36. The van der Waals surface area contributed by atoms with Gasteiger partial charge in [-0.3, -0.25) is 4.68 Å². The van der Waals surface area contributed by atoms with E-state index in [9.17, 15) is 4.79 Å². The van der Waals surface area contributed by atoms with Crippen molar-refractivity contribution in [1.82, 2.24) is 20.0 Å². The molecule has 1 fully saturated rings. The first kappa shape index (κ1) is 16.8. The topological polar surface area (TPSA) is 59.4 Å². The fourth-order valence-electron chi connectivity index (χ4n) is 2.84. The molecule has 1 aromatic heterocycles. The van der Waals surface area contributed by atoms with E-state index in [-0.39, 0.29) is 18.2 Å². The van der Waals surface area contributed by atoms with Gasteiger partial charge in [0.1, 0.15) is 5.60 Å². The second kappa shape index (κ2) is 7.13. The van der Waals surface area contributed by atoms with Crippen LogP contribution in [0.4, 0.5) is 4.79 Å². The van der Waals surface area contributed by atoms with Crippen molar-refractivity contribution in [1.29, 1.82) is 0 Å². The summed E-state index contributed by atoms with van der Waals surface area (Å²) in [5.74, 6) is 0. The van der Waals surface area contributed by atoms with E-state index in [1.54, 1.807) is 6.20 Å². The minimum Gasteiger partial charge on any atom is -0.444 e. The van der Waals surface area contributed by atoms with E-state index < -0.39 is 5.60 Å². The standard InChI is InChI=1S/C16H28N4O2/c1-13(17-9-12-19-10-6-8-18-19)14-7-5-11-20(14)15(21)22-16(2,3)4/h6,8,10,13-14,17H,5,7,9,11-12H2,1-4H3/t13?,14-/m0/s1. The Bertz CT molecular complexity index is 467. The maximum atomic E-state index is 12.3. The average molecular weight is 308 g/mol. The Hall–Kier alpha value is -1.56. The molecule has 1 saturated heterocycles. The lowest BCUT2D eigenvalue weighted by Gasteiger charge is -2.32. The van der Waals surface area contributed by atoms with Gasteiger partial charge in [-0.1, -0.05) is 0 Å². The van der Waals surface area contributed by atoms with Crippen molar-refractivity contribution >= 4 is 6.09 Å². The van der Waals surface area contributed by atoms with Crippen molar-refractivity contribution in [3.05, 3.63) is 18.5 Å². The molecule has 6 nitrogen and oxygen atoms in total. The largest absolute Gasteiger partial charge is 0.444 e. The van der Waals surface area contributed by atoms with Crippen LogP contribution in [0.25, 0.3) is 0 Å². The third-order valence-corrected chi connectivity index (χ3v) is 3.87. The maximum Gasteiger partial charge on any atom is 0.410 e. The first-order chi connectivity index (χ1) is 10.4. The number of aromatic nitrogens is 2. The van der Waals surface area contributed by atoms with Crippen molar-refractivity contribution in [2.24, 2.45) is 0 Å². The highest BCUT2D eigenvalue weighted by atomic mass is 16.6. The molecule has 124 valence electrons. The molecular weight excluding hydrogens is 280 g/mol. The molecule has 1 aliphatic heterocycles. The molecule has 1 aromatic rings. The Morgan fingerprint density at radius 2 is 2.27 bits per heavy atom. The summed E-state index contributed by atoms with van der Waals surface area (Å²) in [7, 11) is 0. The number of hydrogen-bond acceptors (Lipinski definition) is 4. The smallest absolute Gasteiger partial charge is 0.410 e. The molecule has 22 heavy (non-hydrogen) atoms.